The maximum Gasteiger partial charge on any atom is 0.296 e. The van der Waals surface area contributed by atoms with Gasteiger partial charge in [-0.1, -0.05) is 0 Å². The summed E-state index contributed by atoms with van der Waals surface area (Å²) in [5.41, 5.74) is -0.119. The second-order valence-corrected chi connectivity index (χ2v) is 4.22. The molecule has 2 aromatic rings. The summed E-state index contributed by atoms with van der Waals surface area (Å²) in [6, 6.07) is 5.31. The Hall–Kier alpha value is -2.90. The van der Waals surface area contributed by atoms with E-state index in [1.54, 1.807) is 0 Å². The van der Waals surface area contributed by atoms with Crippen LogP contribution in [0.4, 0.5) is 20.2 Å². The predicted octanol–water partition coefficient (Wildman–Crippen LogP) is 2.90. The van der Waals surface area contributed by atoms with Gasteiger partial charge in [0.2, 0.25) is 0 Å². The Morgan fingerprint density at radius 2 is 1.76 bits per heavy atom. The van der Waals surface area contributed by atoms with Crippen LogP contribution in [0.2, 0.25) is 0 Å². The molecule has 0 aliphatic carbocycles. The number of nitro benzene ring substituents is 1. The molecule has 0 atom stereocenters. The molecule has 0 saturated carbocycles. The molecule has 6 nitrogen and oxygen atoms in total. The first-order valence-corrected chi connectivity index (χ1v) is 5.76. The molecule has 8 heteroatoms. The highest BCUT2D eigenvalue weighted by Gasteiger charge is 2.15. The summed E-state index contributed by atoms with van der Waals surface area (Å²) in [7, 11) is 0. The quantitative estimate of drug-likeness (QED) is 0.458. The second kappa shape index (κ2) is 5.61. The minimum Gasteiger partial charge on any atom is -0.508 e. The molecule has 0 aliphatic rings. The summed E-state index contributed by atoms with van der Waals surface area (Å²) in [6.07, 6.45) is 0. The number of benzene rings is 2. The maximum absolute atomic E-state index is 13.2. The van der Waals surface area contributed by atoms with E-state index in [1.165, 1.54) is 12.1 Å². The highest BCUT2D eigenvalue weighted by molar-refractivity contribution is 5.63. The van der Waals surface area contributed by atoms with Crippen molar-refractivity contribution in [2.45, 2.75) is 6.54 Å². The van der Waals surface area contributed by atoms with Crippen LogP contribution in [0.1, 0.15) is 5.56 Å². The molecule has 0 aromatic heterocycles. The van der Waals surface area contributed by atoms with Crippen LogP contribution in [-0.4, -0.2) is 15.1 Å². The molecule has 2 aromatic carbocycles. The van der Waals surface area contributed by atoms with E-state index in [1.807, 2.05) is 0 Å². The first kappa shape index (κ1) is 14.5. The van der Waals surface area contributed by atoms with Crippen LogP contribution in [0.3, 0.4) is 0 Å². The van der Waals surface area contributed by atoms with Gasteiger partial charge in [-0.15, -0.1) is 0 Å². The molecule has 3 N–H and O–H groups in total. The zero-order chi connectivity index (χ0) is 15.6. The number of anilines is 1. The van der Waals surface area contributed by atoms with Crippen molar-refractivity contribution in [1.82, 2.24) is 0 Å². The van der Waals surface area contributed by atoms with Crippen molar-refractivity contribution in [3.63, 3.8) is 0 Å². The number of rotatable bonds is 4. The third-order valence-electron chi connectivity index (χ3n) is 2.74. The van der Waals surface area contributed by atoms with Gasteiger partial charge in [-0.05, 0) is 29.8 Å². The number of phenolic OH excluding ortho intramolecular Hbond substituents is 2. The predicted molar refractivity (Wildman–Crippen MR) is 70.1 cm³/mol. The molecule has 0 fully saturated rings. The van der Waals surface area contributed by atoms with E-state index < -0.39 is 22.3 Å². The summed E-state index contributed by atoms with van der Waals surface area (Å²) in [4.78, 5) is 10.1. The topological polar surface area (TPSA) is 95.6 Å². The Kier molecular flexibility index (Phi) is 3.88. The molecule has 0 heterocycles. The molecule has 0 spiro atoms. The average molecular weight is 296 g/mol. The van der Waals surface area contributed by atoms with Gasteiger partial charge in [0.25, 0.3) is 5.69 Å². The summed E-state index contributed by atoms with van der Waals surface area (Å²) >= 11 is 0. The van der Waals surface area contributed by atoms with Gasteiger partial charge >= 0.3 is 0 Å². The van der Waals surface area contributed by atoms with E-state index in [9.17, 15) is 24.0 Å². The Balaban J connectivity index is 2.22. The fourth-order valence-electron chi connectivity index (χ4n) is 1.74. The number of aromatic hydroxyl groups is 2. The number of nitrogens with one attached hydrogen (secondary N) is 1. The molecule has 2 rings (SSSR count). The molecule has 0 amide bonds. The van der Waals surface area contributed by atoms with Gasteiger partial charge in [0.15, 0.2) is 17.4 Å². The van der Waals surface area contributed by atoms with Gasteiger partial charge in [0.1, 0.15) is 11.4 Å². The summed E-state index contributed by atoms with van der Waals surface area (Å²) in [6.45, 7) is -0.0975. The number of nitrogens with zero attached hydrogens (tertiary/aromatic N) is 1. The van der Waals surface area contributed by atoms with E-state index in [-0.39, 0.29) is 29.2 Å². The minimum atomic E-state index is -1.12. The first-order valence-electron chi connectivity index (χ1n) is 5.76. The van der Waals surface area contributed by atoms with Crippen molar-refractivity contribution < 1.29 is 23.9 Å². The van der Waals surface area contributed by atoms with Gasteiger partial charge in [-0.2, -0.15) is 0 Å². The Bertz CT molecular complexity index is 684. The van der Waals surface area contributed by atoms with Crippen LogP contribution in [0.5, 0.6) is 11.5 Å². The molecule has 0 radical (unpaired) electrons. The van der Waals surface area contributed by atoms with Crippen molar-refractivity contribution in [2.24, 2.45) is 0 Å². The van der Waals surface area contributed by atoms with Crippen molar-refractivity contribution in [2.75, 3.05) is 5.32 Å². The third-order valence-corrected chi connectivity index (χ3v) is 2.74. The average Bonchev–Trinajstić information content (AvgIpc) is 2.43. The minimum absolute atomic E-state index is 0.0895. The molecule has 0 bridgehead atoms. The van der Waals surface area contributed by atoms with Crippen LogP contribution in [0.25, 0.3) is 0 Å². The number of phenols is 2. The van der Waals surface area contributed by atoms with Crippen LogP contribution < -0.4 is 5.32 Å². The SMILES string of the molecule is O=[N+]([O-])c1cc(O)ccc1NCc1cc(F)c(O)c(F)c1. The summed E-state index contributed by atoms with van der Waals surface area (Å²) < 4.78 is 26.3. The lowest BCUT2D eigenvalue weighted by Crippen LogP contribution is -2.03. The van der Waals surface area contributed by atoms with Crippen LogP contribution in [-0.2, 0) is 6.54 Å². The molecule has 0 saturated heterocycles. The molecular weight excluding hydrogens is 286 g/mol. The maximum atomic E-state index is 13.2. The molecule has 21 heavy (non-hydrogen) atoms. The van der Waals surface area contributed by atoms with E-state index in [2.05, 4.69) is 5.32 Å². The smallest absolute Gasteiger partial charge is 0.296 e. The Morgan fingerprint density at radius 1 is 1.14 bits per heavy atom. The highest BCUT2D eigenvalue weighted by Crippen LogP contribution is 2.29. The number of nitro groups is 1. The van der Waals surface area contributed by atoms with Gasteiger partial charge in [0.05, 0.1) is 11.0 Å². The lowest BCUT2D eigenvalue weighted by molar-refractivity contribution is -0.384. The van der Waals surface area contributed by atoms with E-state index in [0.29, 0.717) is 0 Å². The van der Waals surface area contributed by atoms with E-state index in [0.717, 1.165) is 18.2 Å². The lowest BCUT2D eigenvalue weighted by atomic mass is 10.2. The van der Waals surface area contributed by atoms with Gasteiger partial charge in [-0.25, -0.2) is 8.78 Å². The van der Waals surface area contributed by atoms with Crippen LogP contribution in [0.15, 0.2) is 30.3 Å². The van der Waals surface area contributed by atoms with Crippen LogP contribution >= 0.6 is 0 Å². The number of halogens is 2. The molecule has 0 aliphatic heterocycles. The van der Waals surface area contributed by atoms with E-state index in [4.69, 9.17) is 5.11 Å². The number of hydrogen-bond donors (Lipinski definition) is 3. The fourth-order valence-corrected chi connectivity index (χ4v) is 1.74. The monoisotopic (exact) mass is 296 g/mol. The zero-order valence-corrected chi connectivity index (χ0v) is 10.5. The van der Waals surface area contributed by atoms with E-state index >= 15 is 0 Å². The summed E-state index contributed by atoms with van der Waals surface area (Å²) in [5, 5.41) is 31.7. The van der Waals surface area contributed by atoms with Crippen LogP contribution in [0, 0.1) is 21.7 Å². The van der Waals surface area contributed by atoms with Crippen molar-refractivity contribution in [3.8, 4) is 11.5 Å². The normalized spacial score (nSPS) is 10.4. The molecule has 0 unspecified atom stereocenters. The largest absolute Gasteiger partial charge is 0.508 e. The number of hydrogen-bond acceptors (Lipinski definition) is 5. The lowest BCUT2D eigenvalue weighted by Gasteiger charge is -2.08. The van der Waals surface area contributed by atoms with Gasteiger partial charge < -0.3 is 15.5 Å². The summed E-state index contributed by atoms with van der Waals surface area (Å²) in [5.74, 6) is -3.58. The van der Waals surface area contributed by atoms with Crippen molar-refractivity contribution in [3.05, 3.63) is 57.6 Å². The van der Waals surface area contributed by atoms with Gasteiger partial charge in [-0.3, -0.25) is 10.1 Å². The molecular formula is C13H10F2N2O4. The molecule has 110 valence electrons. The highest BCUT2D eigenvalue weighted by atomic mass is 19.1. The van der Waals surface area contributed by atoms with Gasteiger partial charge in [0, 0.05) is 6.54 Å². The zero-order valence-electron chi connectivity index (χ0n) is 10.5. The Labute approximate surface area is 117 Å². The van der Waals surface area contributed by atoms with Crippen molar-refractivity contribution in [1.29, 1.82) is 0 Å². The Morgan fingerprint density at radius 3 is 2.33 bits per heavy atom. The fraction of sp³-hybridized carbons (Fsp3) is 0.0769. The second-order valence-electron chi connectivity index (χ2n) is 4.22. The first-order chi connectivity index (χ1) is 9.88. The standard InChI is InChI=1S/C13H10F2N2O4/c14-9-3-7(4-10(15)13(9)19)6-16-11-2-1-8(18)5-12(11)17(20)21/h1-5,16,18-19H,6H2. The van der Waals surface area contributed by atoms with Crippen molar-refractivity contribution >= 4 is 11.4 Å². The third kappa shape index (κ3) is 3.16.